The van der Waals surface area contributed by atoms with Crippen molar-refractivity contribution in [3.63, 3.8) is 0 Å². The molecule has 0 aliphatic carbocycles. The molecule has 1 aromatic heterocycles. The van der Waals surface area contributed by atoms with Gasteiger partial charge in [-0.15, -0.1) is 0 Å². The van der Waals surface area contributed by atoms with Gasteiger partial charge in [0.05, 0.1) is 7.11 Å². The van der Waals surface area contributed by atoms with E-state index in [0.29, 0.717) is 17.9 Å². The van der Waals surface area contributed by atoms with Crippen molar-refractivity contribution >= 4 is 11.8 Å². The molecule has 1 aromatic carbocycles. The molecule has 0 saturated carbocycles. The number of nitrogens with one attached hydrogen (secondary N) is 2. The van der Waals surface area contributed by atoms with Crippen molar-refractivity contribution in [2.45, 2.75) is 26.4 Å². The van der Waals surface area contributed by atoms with E-state index in [1.165, 1.54) is 0 Å². The van der Waals surface area contributed by atoms with Crippen molar-refractivity contribution in [3.8, 4) is 5.75 Å². The summed E-state index contributed by atoms with van der Waals surface area (Å²) in [6.45, 7) is 4.15. The van der Waals surface area contributed by atoms with Crippen LogP contribution < -0.4 is 15.4 Å². The summed E-state index contributed by atoms with van der Waals surface area (Å²) in [6, 6.07) is 9.83. The molecule has 6 heteroatoms. The standard InChI is InChI=1S/C19H23N3O3/c1-13(2)17(19(24)21-12-14-5-4-10-20-11-14)22-18(23)15-6-8-16(25-3)9-7-15/h4-11,13,17H,12H2,1-3H3,(H,21,24)(H,22,23)/t17-/m1/s1. The third-order valence-corrected chi connectivity index (χ3v) is 3.78. The van der Waals surface area contributed by atoms with Crippen LogP contribution in [0, 0.1) is 5.92 Å². The second-order valence-corrected chi connectivity index (χ2v) is 6.00. The molecule has 1 heterocycles. The lowest BCUT2D eigenvalue weighted by molar-refractivity contribution is -0.124. The molecule has 0 bridgehead atoms. The minimum absolute atomic E-state index is 0.0453. The molecule has 0 unspecified atom stereocenters. The Labute approximate surface area is 147 Å². The van der Waals surface area contributed by atoms with Gasteiger partial charge in [0, 0.05) is 24.5 Å². The molecule has 0 fully saturated rings. The van der Waals surface area contributed by atoms with Gasteiger partial charge in [-0.2, -0.15) is 0 Å². The monoisotopic (exact) mass is 341 g/mol. The predicted octanol–water partition coefficient (Wildman–Crippen LogP) is 2.16. The van der Waals surface area contributed by atoms with Crippen LogP contribution in [0.3, 0.4) is 0 Å². The number of carbonyl (C=O) groups excluding carboxylic acids is 2. The number of rotatable bonds is 7. The zero-order chi connectivity index (χ0) is 18.2. The lowest BCUT2D eigenvalue weighted by atomic mass is 10.0. The number of aromatic nitrogens is 1. The van der Waals surface area contributed by atoms with E-state index < -0.39 is 6.04 Å². The minimum atomic E-state index is -0.619. The third kappa shape index (κ3) is 5.31. The smallest absolute Gasteiger partial charge is 0.251 e. The summed E-state index contributed by atoms with van der Waals surface area (Å²) in [6.07, 6.45) is 3.37. The van der Waals surface area contributed by atoms with Crippen LogP contribution in [-0.2, 0) is 11.3 Å². The highest BCUT2D eigenvalue weighted by Gasteiger charge is 2.24. The maximum Gasteiger partial charge on any atom is 0.251 e. The molecule has 2 N–H and O–H groups in total. The first kappa shape index (κ1) is 18.4. The summed E-state index contributed by atoms with van der Waals surface area (Å²) in [5.41, 5.74) is 1.38. The third-order valence-electron chi connectivity index (χ3n) is 3.78. The molecule has 0 aliphatic heterocycles. The maximum atomic E-state index is 12.5. The van der Waals surface area contributed by atoms with E-state index in [1.807, 2.05) is 26.0 Å². The summed E-state index contributed by atoms with van der Waals surface area (Å²) >= 11 is 0. The number of benzene rings is 1. The highest BCUT2D eigenvalue weighted by Crippen LogP contribution is 2.12. The van der Waals surface area contributed by atoms with Crippen molar-refractivity contribution in [3.05, 3.63) is 59.9 Å². The Morgan fingerprint density at radius 3 is 2.44 bits per heavy atom. The van der Waals surface area contributed by atoms with Gasteiger partial charge in [-0.3, -0.25) is 14.6 Å². The lowest BCUT2D eigenvalue weighted by Gasteiger charge is -2.22. The average Bonchev–Trinajstić information content (AvgIpc) is 2.64. The van der Waals surface area contributed by atoms with Gasteiger partial charge in [0.15, 0.2) is 0 Å². The molecular weight excluding hydrogens is 318 g/mol. The molecule has 1 atom stereocenters. The van der Waals surface area contributed by atoms with E-state index in [0.717, 1.165) is 5.56 Å². The van der Waals surface area contributed by atoms with Crippen LogP contribution in [0.2, 0.25) is 0 Å². The van der Waals surface area contributed by atoms with Gasteiger partial charge in [-0.25, -0.2) is 0 Å². The molecule has 2 rings (SSSR count). The maximum absolute atomic E-state index is 12.5. The van der Waals surface area contributed by atoms with E-state index in [2.05, 4.69) is 15.6 Å². The van der Waals surface area contributed by atoms with Crippen molar-refractivity contribution in [2.75, 3.05) is 7.11 Å². The number of carbonyl (C=O) groups is 2. The first-order valence-corrected chi connectivity index (χ1v) is 8.12. The van der Waals surface area contributed by atoms with Crippen molar-refractivity contribution in [1.29, 1.82) is 0 Å². The average molecular weight is 341 g/mol. The molecule has 0 radical (unpaired) electrons. The second kappa shape index (κ2) is 8.82. The first-order valence-electron chi connectivity index (χ1n) is 8.12. The summed E-state index contributed by atoms with van der Waals surface area (Å²) in [5.74, 6) is 0.112. The zero-order valence-electron chi connectivity index (χ0n) is 14.7. The van der Waals surface area contributed by atoms with Crippen LogP contribution in [0.5, 0.6) is 5.75 Å². The van der Waals surface area contributed by atoms with Crippen molar-refractivity contribution in [1.82, 2.24) is 15.6 Å². The molecule has 0 saturated heterocycles. The normalized spacial score (nSPS) is 11.7. The Balaban J connectivity index is 1.98. The van der Waals surface area contributed by atoms with Gasteiger partial charge in [0.25, 0.3) is 5.91 Å². The molecule has 6 nitrogen and oxygen atoms in total. The van der Waals surface area contributed by atoms with Crippen LogP contribution in [0.25, 0.3) is 0 Å². The van der Waals surface area contributed by atoms with Crippen LogP contribution in [0.15, 0.2) is 48.8 Å². The Kier molecular flexibility index (Phi) is 6.51. The Bertz CT molecular complexity index is 700. The number of amides is 2. The van der Waals surface area contributed by atoms with Gasteiger partial charge in [0.2, 0.25) is 5.91 Å². The van der Waals surface area contributed by atoms with Gasteiger partial charge in [-0.1, -0.05) is 19.9 Å². The highest BCUT2D eigenvalue weighted by molar-refractivity contribution is 5.97. The molecular formula is C19H23N3O3. The molecule has 0 aliphatic rings. The van der Waals surface area contributed by atoms with E-state index in [9.17, 15) is 9.59 Å². The van der Waals surface area contributed by atoms with E-state index >= 15 is 0 Å². The van der Waals surface area contributed by atoms with Crippen LogP contribution in [-0.4, -0.2) is 29.9 Å². The number of nitrogens with zero attached hydrogens (tertiary/aromatic N) is 1. The zero-order valence-corrected chi connectivity index (χ0v) is 14.7. The highest BCUT2D eigenvalue weighted by atomic mass is 16.5. The number of hydrogen-bond acceptors (Lipinski definition) is 4. The molecule has 2 aromatic rings. The number of ether oxygens (including phenoxy) is 1. The van der Waals surface area contributed by atoms with Crippen LogP contribution in [0.1, 0.15) is 29.8 Å². The predicted molar refractivity (Wildman–Crippen MR) is 95.2 cm³/mol. The summed E-state index contributed by atoms with van der Waals surface area (Å²) in [5, 5.41) is 5.64. The molecule has 132 valence electrons. The molecule has 25 heavy (non-hydrogen) atoms. The quantitative estimate of drug-likeness (QED) is 0.809. The van der Waals surface area contributed by atoms with E-state index in [4.69, 9.17) is 4.74 Å². The topological polar surface area (TPSA) is 80.3 Å². The largest absolute Gasteiger partial charge is 0.497 e. The Morgan fingerprint density at radius 2 is 1.88 bits per heavy atom. The fraction of sp³-hybridized carbons (Fsp3) is 0.316. The molecule has 0 spiro atoms. The lowest BCUT2D eigenvalue weighted by Crippen LogP contribution is -2.49. The van der Waals surface area contributed by atoms with Gasteiger partial charge >= 0.3 is 0 Å². The Morgan fingerprint density at radius 1 is 1.16 bits per heavy atom. The fourth-order valence-corrected chi connectivity index (χ4v) is 2.30. The number of methoxy groups -OCH3 is 1. The van der Waals surface area contributed by atoms with Gasteiger partial charge in [0.1, 0.15) is 11.8 Å². The van der Waals surface area contributed by atoms with Crippen LogP contribution >= 0.6 is 0 Å². The first-order chi connectivity index (χ1) is 12.0. The molecule has 2 amide bonds. The summed E-state index contributed by atoms with van der Waals surface area (Å²) in [4.78, 5) is 28.9. The van der Waals surface area contributed by atoms with Crippen LogP contribution in [0.4, 0.5) is 0 Å². The van der Waals surface area contributed by atoms with Gasteiger partial charge < -0.3 is 15.4 Å². The van der Waals surface area contributed by atoms with Gasteiger partial charge in [-0.05, 0) is 41.8 Å². The summed E-state index contributed by atoms with van der Waals surface area (Å²) < 4.78 is 5.08. The number of hydrogen-bond donors (Lipinski definition) is 2. The summed E-state index contributed by atoms with van der Waals surface area (Å²) in [7, 11) is 1.57. The fourth-order valence-electron chi connectivity index (χ4n) is 2.30. The van der Waals surface area contributed by atoms with E-state index in [1.54, 1.807) is 43.8 Å². The Hall–Kier alpha value is -2.89. The van der Waals surface area contributed by atoms with Crippen molar-refractivity contribution in [2.24, 2.45) is 5.92 Å². The second-order valence-electron chi connectivity index (χ2n) is 6.00. The minimum Gasteiger partial charge on any atom is -0.497 e. The van der Waals surface area contributed by atoms with E-state index in [-0.39, 0.29) is 17.7 Å². The SMILES string of the molecule is COc1ccc(C(=O)N[C@@H](C(=O)NCc2cccnc2)C(C)C)cc1. The number of pyridine rings is 1. The van der Waals surface area contributed by atoms with Crippen molar-refractivity contribution < 1.29 is 14.3 Å².